The van der Waals surface area contributed by atoms with Gasteiger partial charge in [-0.15, -0.1) is 0 Å². The number of carbonyl (C=O) groups excluding carboxylic acids is 1. The fraction of sp³-hybridized carbons (Fsp3) is 0.938. The van der Waals surface area contributed by atoms with E-state index in [0.29, 0.717) is 18.4 Å². The van der Waals surface area contributed by atoms with Gasteiger partial charge in [0.2, 0.25) is 5.91 Å². The van der Waals surface area contributed by atoms with E-state index in [1.165, 1.54) is 19.3 Å². The summed E-state index contributed by atoms with van der Waals surface area (Å²) in [6.45, 7) is 2.33. The second-order valence-corrected chi connectivity index (χ2v) is 7.91. The average molecular weight is 278 g/mol. The summed E-state index contributed by atoms with van der Waals surface area (Å²) >= 11 is 0. The third-order valence-electron chi connectivity index (χ3n) is 6.10. The zero-order valence-corrected chi connectivity index (χ0v) is 12.2. The molecule has 0 aromatic rings. The van der Waals surface area contributed by atoms with Crippen LogP contribution in [0.15, 0.2) is 0 Å². The molecule has 4 nitrogen and oxygen atoms in total. The molecule has 0 radical (unpaired) electrons. The molecule has 0 aromatic heterocycles. The van der Waals surface area contributed by atoms with E-state index in [4.69, 9.17) is 0 Å². The Bertz CT molecular complexity index is 403. The van der Waals surface area contributed by atoms with E-state index in [-0.39, 0.29) is 11.4 Å². The van der Waals surface area contributed by atoms with Crippen LogP contribution in [0.5, 0.6) is 0 Å². The van der Waals surface area contributed by atoms with E-state index in [9.17, 15) is 9.90 Å². The third-order valence-corrected chi connectivity index (χ3v) is 6.10. The smallest absolute Gasteiger partial charge is 0.236 e. The van der Waals surface area contributed by atoms with Gasteiger partial charge in [0.25, 0.3) is 0 Å². The molecule has 4 aliphatic carbocycles. The highest BCUT2D eigenvalue weighted by Crippen LogP contribution is 2.57. The highest BCUT2D eigenvalue weighted by molar-refractivity contribution is 5.78. The number of nitrogens with zero attached hydrogens (tertiary/aromatic N) is 1. The minimum atomic E-state index is -0.437. The second kappa shape index (κ2) is 4.44. The van der Waals surface area contributed by atoms with Gasteiger partial charge in [0.05, 0.1) is 12.1 Å². The molecule has 5 rings (SSSR count). The number of rotatable bonds is 3. The Morgan fingerprint density at radius 2 is 1.80 bits per heavy atom. The molecule has 0 spiro atoms. The van der Waals surface area contributed by atoms with Gasteiger partial charge in [0.15, 0.2) is 0 Å². The van der Waals surface area contributed by atoms with E-state index < -0.39 is 5.60 Å². The molecule has 2 N–H and O–H groups in total. The molecule has 4 saturated carbocycles. The molecule has 1 amide bonds. The van der Waals surface area contributed by atoms with Gasteiger partial charge in [-0.1, -0.05) is 0 Å². The van der Waals surface area contributed by atoms with Gasteiger partial charge in [-0.25, -0.2) is 0 Å². The predicted molar refractivity (Wildman–Crippen MR) is 76.2 cm³/mol. The molecule has 112 valence electrons. The van der Waals surface area contributed by atoms with Crippen molar-refractivity contribution in [1.82, 2.24) is 10.2 Å². The minimum Gasteiger partial charge on any atom is -0.390 e. The fourth-order valence-corrected chi connectivity index (χ4v) is 5.76. The molecule has 1 heterocycles. The first-order chi connectivity index (χ1) is 9.56. The van der Waals surface area contributed by atoms with Crippen LogP contribution in [-0.2, 0) is 4.79 Å². The lowest BCUT2D eigenvalue weighted by Gasteiger charge is -2.60. The average Bonchev–Trinajstić information content (AvgIpc) is 2.86. The molecule has 4 heteroatoms. The Labute approximate surface area is 120 Å². The quantitative estimate of drug-likeness (QED) is 0.818. The normalized spacial score (nSPS) is 46.1. The van der Waals surface area contributed by atoms with E-state index in [0.717, 1.165) is 45.2 Å². The zero-order chi connectivity index (χ0) is 13.8. The van der Waals surface area contributed by atoms with Gasteiger partial charge >= 0.3 is 0 Å². The standard InChI is InChI=1S/C16H26N2O2/c19-14(18-3-1-2-4-18)10-17-15-6-12-5-13(7-15)9-16(20,8-12)11-15/h12-13,17,20H,1-11H2/t12-,13+,15?,16?. The van der Waals surface area contributed by atoms with Crippen molar-refractivity contribution in [3.8, 4) is 0 Å². The molecular weight excluding hydrogens is 252 g/mol. The maximum Gasteiger partial charge on any atom is 0.236 e. The van der Waals surface area contributed by atoms with Crippen LogP contribution in [-0.4, -0.2) is 46.7 Å². The van der Waals surface area contributed by atoms with Crippen molar-refractivity contribution in [2.24, 2.45) is 11.8 Å². The van der Waals surface area contributed by atoms with Crippen LogP contribution in [0.2, 0.25) is 0 Å². The van der Waals surface area contributed by atoms with Crippen molar-refractivity contribution in [3.05, 3.63) is 0 Å². The van der Waals surface area contributed by atoms with Crippen molar-refractivity contribution >= 4 is 5.91 Å². The zero-order valence-electron chi connectivity index (χ0n) is 12.2. The number of nitrogens with one attached hydrogen (secondary N) is 1. The van der Waals surface area contributed by atoms with Gasteiger partial charge < -0.3 is 15.3 Å². The van der Waals surface area contributed by atoms with Crippen LogP contribution in [0.25, 0.3) is 0 Å². The molecular formula is C16H26N2O2. The summed E-state index contributed by atoms with van der Waals surface area (Å²) in [5.74, 6) is 1.61. The van der Waals surface area contributed by atoms with Crippen LogP contribution < -0.4 is 5.32 Å². The Hall–Kier alpha value is -0.610. The summed E-state index contributed by atoms with van der Waals surface area (Å²) < 4.78 is 0. The Balaban J connectivity index is 1.42. The fourth-order valence-electron chi connectivity index (χ4n) is 5.76. The van der Waals surface area contributed by atoms with Crippen LogP contribution in [0.3, 0.4) is 0 Å². The Morgan fingerprint density at radius 3 is 2.40 bits per heavy atom. The van der Waals surface area contributed by atoms with Crippen molar-refractivity contribution in [2.45, 2.75) is 62.5 Å². The molecule has 1 saturated heterocycles. The van der Waals surface area contributed by atoms with Crippen LogP contribution >= 0.6 is 0 Å². The number of hydrogen-bond acceptors (Lipinski definition) is 3. The molecule has 5 fully saturated rings. The number of hydrogen-bond donors (Lipinski definition) is 2. The second-order valence-electron chi connectivity index (χ2n) is 7.91. The number of aliphatic hydroxyl groups is 1. The maximum atomic E-state index is 12.2. The largest absolute Gasteiger partial charge is 0.390 e. The van der Waals surface area contributed by atoms with Crippen molar-refractivity contribution in [2.75, 3.05) is 19.6 Å². The number of amides is 1. The number of carbonyl (C=O) groups is 1. The SMILES string of the molecule is O=C(CNC12C[C@@H]3C[C@@H](CC(O)(C3)C1)C2)N1CCCC1. The molecule has 0 aromatic carbocycles. The lowest BCUT2D eigenvalue weighted by Crippen LogP contribution is -2.65. The minimum absolute atomic E-state index is 0.0498. The summed E-state index contributed by atoms with van der Waals surface area (Å²) in [6.07, 6.45) is 8.78. The highest BCUT2D eigenvalue weighted by atomic mass is 16.3. The van der Waals surface area contributed by atoms with Gasteiger partial charge in [0, 0.05) is 18.6 Å². The van der Waals surface area contributed by atoms with Gasteiger partial charge in [-0.2, -0.15) is 0 Å². The summed E-state index contributed by atoms with van der Waals surface area (Å²) in [5, 5.41) is 14.3. The topological polar surface area (TPSA) is 52.6 Å². The van der Waals surface area contributed by atoms with Gasteiger partial charge in [-0.05, 0) is 63.2 Å². The molecule has 5 aliphatic rings. The van der Waals surface area contributed by atoms with Crippen molar-refractivity contribution in [1.29, 1.82) is 0 Å². The predicted octanol–water partition coefficient (Wildman–Crippen LogP) is 1.28. The summed E-state index contributed by atoms with van der Waals surface area (Å²) in [5.41, 5.74) is -0.387. The van der Waals surface area contributed by atoms with Crippen molar-refractivity contribution < 1.29 is 9.90 Å². The molecule has 2 unspecified atom stereocenters. The molecule has 4 bridgehead atoms. The lowest BCUT2D eigenvalue weighted by atomic mass is 9.51. The van der Waals surface area contributed by atoms with E-state index in [1.54, 1.807) is 0 Å². The monoisotopic (exact) mass is 278 g/mol. The molecule has 1 aliphatic heterocycles. The first kappa shape index (κ1) is 13.1. The first-order valence-electron chi connectivity index (χ1n) is 8.31. The first-order valence-corrected chi connectivity index (χ1v) is 8.31. The summed E-state index contributed by atoms with van der Waals surface area (Å²) in [4.78, 5) is 14.2. The number of likely N-dealkylation sites (tertiary alicyclic amines) is 1. The van der Waals surface area contributed by atoms with Crippen LogP contribution in [0.1, 0.15) is 51.4 Å². The maximum absolute atomic E-state index is 12.2. The summed E-state index contributed by atoms with van der Waals surface area (Å²) in [6, 6.07) is 0. The van der Waals surface area contributed by atoms with Gasteiger partial charge in [0.1, 0.15) is 0 Å². The van der Waals surface area contributed by atoms with E-state index in [1.807, 2.05) is 4.90 Å². The highest BCUT2D eigenvalue weighted by Gasteiger charge is 2.57. The molecule has 20 heavy (non-hydrogen) atoms. The van der Waals surface area contributed by atoms with E-state index >= 15 is 0 Å². The van der Waals surface area contributed by atoms with E-state index in [2.05, 4.69) is 5.32 Å². The van der Waals surface area contributed by atoms with Gasteiger partial charge in [-0.3, -0.25) is 4.79 Å². The Morgan fingerprint density at radius 1 is 1.15 bits per heavy atom. The summed E-state index contributed by atoms with van der Waals surface area (Å²) in [7, 11) is 0. The lowest BCUT2D eigenvalue weighted by molar-refractivity contribution is -0.146. The Kier molecular flexibility index (Phi) is 2.90. The van der Waals surface area contributed by atoms with Crippen LogP contribution in [0, 0.1) is 11.8 Å². The third kappa shape index (κ3) is 2.17. The van der Waals surface area contributed by atoms with Crippen LogP contribution in [0.4, 0.5) is 0 Å². The van der Waals surface area contributed by atoms with Crippen molar-refractivity contribution in [3.63, 3.8) is 0 Å². The molecule has 4 atom stereocenters.